The fourth-order valence-corrected chi connectivity index (χ4v) is 3.82. The topological polar surface area (TPSA) is 24.9 Å². The molecule has 1 aromatic carbocycles. The third kappa shape index (κ3) is 2.18. The minimum absolute atomic E-state index is 0.643. The quantitative estimate of drug-likeness (QED) is 0.881. The fourth-order valence-electron chi connectivity index (χ4n) is 2.04. The van der Waals surface area contributed by atoms with Crippen molar-refractivity contribution in [2.24, 2.45) is 0 Å². The molecular formula is C12H14N2S2. The zero-order valence-corrected chi connectivity index (χ0v) is 10.6. The summed E-state index contributed by atoms with van der Waals surface area (Å²) in [7, 11) is 0. The molecule has 0 bridgehead atoms. The Bertz CT molecular complexity index is 475. The first kappa shape index (κ1) is 10.4. The fraction of sp³-hybridized carbons (Fsp3) is 0.417. The normalized spacial score (nSPS) is 21.1. The maximum Gasteiger partial charge on any atom is 0.0813 e. The van der Waals surface area contributed by atoms with E-state index in [9.17, 15) is 0 Å². The van der Waals surface area contributed by atoms with Crippen molar-refractivity contribution >= 4 is 39.0 Å². The van der Waals surface area contributed by atoms with Crippen molar-refractivity contribution in [1.29, 1.82) is 0 Å². The molecule has 1 N–H and O–H groups in total. The average Bonchev–Trinajstić information content (AvgIpc) is 2.77. The first-order valence-corrected chi connectivity index (χ1v) is 7.63. The van der Waals surface area contributed by atoms with E-state index in [1.165, 1.54) is 34.7 Å². The third-order valence-corrected chi connectivity index (χ3v) is 4.87. The van der Waals surface area contributed by atoms with E-state index in [1.54, 1.807) is 11.3 Å². The van der Waals surface area contributed by atoms with Gasteiger partial charge < -0.3 is 5.32 Å². The molecule has 1 aliphatic rings. The molecule has 0 aliphatic carbocycles. The number of rotatable bonds is 2. The number of nitrogens with one attached hydrogen (secondary N) is 1. The van der Waals surface area contributed by atoms with E-state index in [0.717, 1.165) is 5.52 Å². The number of fused-ring (bicyclic) bond motifs is 1. The standard InChI is InChI=1S/C12H14N2S2/c1-2-10(7-15-5-1)14-9-3-4-11-12(6-9)16-8-13-11/h3-4,6,8,10,14H,1-2,5,7H2. The van der Waals surface area contributed by atoms with Crippen LogP contribution in [0.4, 0.5) is 5.69 Å². The molecule has 1 aliphatic heterocycles. The minimum Gasteiger partial charge on any atom is -0.381 e. The smallest absolute Gasteiger partial charge is 0.0813 e. The molecule has 1 unspecified atom stereocenters. The van der Waals surface area contributed by atoms with Crippen LogP contribution >= 0.6 is 23.1 Å². The molecule has 2 nitrogen and oxygen atoms in total. The molecule has 16 heavy (non-hydrogen) atoms. The lowest BCUT2D eigenvalue weighted by molar-refractivity contribution is 0.685. The van der Waals surface area contributed by atoms with E-state index in [0.29, 0.717) is 6.04 Å². The highest BCUT2D eigenvalue weighted by molar-refractivity contribution is 7.99. The second-order valence-electron chi connectivity index (χ2n) is 4.09. The summed E-state index contributed by atoms with van der Waals surface area (Å²) in [6, 6.07) is 7.10. The van der Waals surface area contributed by atoms with Crippen molar-refractivity contribution in [3.63, 3.8) is 0 Å². The zero-order chi connectivity index (χ0) is 10.8. The predicted molar refractivity (Wildman–Crippen MR) is 73.6 cm³/mol. The van der Waals surface area contributed by atoms with Crippen LogP contribution in [0.3, 0.4) is 0 Å². The van der Waals surface area contributed by atoms with Gasteiger partial charge in [-0.05, 0) is 36.8 Å². The summed E-state index contributed by atoms with van der Waals surface area (Å²) in [5, 5.41) is 3.62. The molecule has 2 heterocycles. The Morgan fingerprint density at radius 1 is 1.38 bits per heavy atom. The monoisotopic (exact) mass is 250 g/mol. The van der Waals surface area contributed by atoms with Crippen LogP contribution in [0.2, 0.25) is 0 Å². The minimum atomic E-state index is 0.643. The molecular weight excluding hydrogens is 236 g/mol. The number of thioether (sulfide) groups is 1. The lowest BCUT2D eigenvalue weighted by atomic mass is 10.1. The van der Waals surface area contributed by atoms with Gasteiger partial charge in [0.1, 0.15) is 0 Å². The average molecular weight is 250 g/mol. The molecule has 0 amide bonds. The lowest BCUT2D eigenvalue weighted by Gasteiger charge is -2.23. The van der Waals surface area contributed by atoms with Gasteiger partial charge in [-0.25, -0.2) is 4.98 Å². The van der Waals surface area contributed by atoms with Gasteiger partial charge in [-0.1, -0.05) is 0 Å². The maximum absolute atomic E-state index is 4.29. The Morgan fingerprint density at radius 2 is 2.38 bits per heavy atom. The number of nitrogens with zero attached hydrogens (tertiary/aromatic N) is 1. The summed E-state index contributed by atoms with van der Waals surface area (Å²) < 4.78 is 1.27. The summed E-state index contributed by atoms with van der Waals surface area (Å²) in [4.78, 5) is 4.29. The highest BCUT2D eigenvalue weighted by Crippen LogP contribution is 2.25. The second kappa shape index (κ2) is 4.63. The van der Waals surface area contributed by atoms with Crippen LogP contribution in [0, 0.1) is 0 Å². The molecule has 2 aromatic rings. The molecule has 1 saturated heterocycles. The van der Waals surface area contributed by atoms with Gasteiger partial charge in [-0.2, -0.15) is 11.8 Å². The van der Waals surface area contributed by atoms with Crippen LogP contribution in [0.25, 0.3) is 10.2 Å². The van der Waals surface area contributed by atoms with Crippen molar-refractivity contribution in [2.75, 3.05) is 16.8 Å². The molecule has 1 atom stereocenters. The summed E-state index contributed by atoms with van der Waals surface area (Å²) >= 11 is 3.76. The van der Waals surface area contributed by atoms with Crippen molar-refractivity contribution in [2.45, 2.75) is 18.9 Å². The first-order valence-electron chi connectivity index (χ1n) is 5.59. The summed E-state index contributed by atoms with van der Waals surface area (Å²) in [6.07, 6.45) is 2.64. The van der Waals surface area contributed by atoms with Crippen LogP contribution in [0.5, 0.6) is 0 Å². The summed E-state index contributed by atoms with van der Waals surface area (Å²) in [6.45, 7) is 0. The Balaban J connectivity index is 1.77. The second-order valence-corrected chi connectivity index (χ2v) is 6.13. The molecule has 84 valence electrons. The summed E-state index contributed by atoms with van der Waals surface area (Å²) in [5.74, 6) is 2.56. The van der Waals surface area contributed by atoms with Gasteiger partial charge in [0.2, 0.25) is 0 Å². The van der Waals surface area contributed by atoms with Gasteiger partial charge in [-0.15, -0.1) is 11.3 Å². The number of thiazole rings is 1. The van der Waals surface area contributed by atoms with E-state index in [1.807, 2.05) is 5.51 Å². The van der Waals surface area contributed by atoms with E-state index < -0.39 is 0 Å². The Kier molecular flexibility index (Phi) is 3.02. The van der Waals surface area contributed by atoms with E-state index >= 15 is 0 Å². The number of hydrogen-bond acceptors (Lipinski definition) is 4. The first-order chi connectivity index (χ1) is 7.92. The molecule has 1 fully saturated rings. The predicted octanol–water partition coefficient (Wildman–Crippen LogP) is 3.60. The Labute approximate surface area is 103 Å². The summed E-state index contributed by atoms with van der Waals surface area (Å²) in [5.41, 5.74) is 4.25. The van der Waals surface area contributed by atoms with Crippen molar-refractivity contribution in [3.05, 3.63) is 23.7 Å². The van der Waals surface area contributed by atoms with Crippen LogP contribution in [0.1, 0.15) is 12.8 Å². The van der Waals surface area contributed by atoms with Crippen LogP contribution in [-0.2, 0) is 0 Å². The van der Waals surface area contributed by atoms with Gasteiger partial charge in [0, 0.05) is 17.5 Å². The van der Waals surface area contributed by atoms with Crippen molar-refractivity contribution < 1.29 is 0 Å². The molecule has 4 heteroatoms. The number of anilines is 1. The van der Waals surface area contributed by atoms with Crippen LogP contribution in [0.15, 0.2) is 23.7 Å². The van der Waals surface area contributed by atoms with E-state index in [2.05, 4.69) is 40.3 Å². The Morgan fingerprint density at radius 3 is 3.25 bits per heavy atom. The van der Waals surface area contributed by atoms with E-state index in [4.69, 9.17) is 0 Å². The zero-order valence-electron chi connectivity index (χ0n) is 8.98. The van der Waals surface area contributed by atoms with Crippen molar-refractivity contribution in [1.82, 2.24) is 4.98 Å². The van der Waals surface area contributed by atoms with Crippen molar-refractivity contribution in [3.8, 4) is 0 Å². The molecule has 0 spiro atoms. The highest BCUT2D eigenvalue weighted by atomic mass is 32.2. The SMILES string of the molecule is c1nc2ccc(NC3CCCSC3)cc2s1. The third-order valence-electron chi connectivity index (χ3n) is 2.86. The number of benzene rings is 1. The molecule has 0 saturated carbocycles. The van der Waals surface area contributed by atoms with Gasteiger partial charge in [0.25, 0.3) is 0 Å². The lowest BCUT2D eigenvalue weighted by Crippen LogP contribution is -2.25. The Hall–Kier alpha value is -0.740. The maximum atomic E-state index is 4.29. The number of hydrogen-bond donors (Lipinski definition) is 1. The van der Waals surface area contributed by atoms with Gasteiger partial charge in [-0.3, -0.25) is 0 Å². The highest BCUT2D eigenvalue weighted by Gasteiger charge is 2.13. The van der Waals surface area contributed by atoms with Gasteiger partial charge >= 0.3 is 0 Å². The molecule has 0 radical (unpaired) electrons. The van der Waals surface area contributed by atoms with Gasteiger partial charge in [0.05, 0.1) is 15.7 Å². The molecule has 1 aromatic heterocycles. The largest absolute Gasteiger partial charge is 0.381 e. The van der Waals surface area contributed by atoms with Crippen LogP contribution in [-0.4, -0.2) is 22.5 Å². The molecule has 3 rings (SSSR count). The van der Waals surface area contributed by atoms with Gasteiger partial charge in [0.15, 0.2) is 0 Å². The van der Waals surface area contributed by atoms with E-state index in [-0.39, 0.29) is 0 Å². The van der Waals surface area contributed by atoms with Crippen LogP contribution < -0.4 is 5.32 Å². The number of aromatic nitrogens is 1.